The molecule has 2 aromatic rings. The molecule has 146 valence electrons. The van der Waals surface area contributed by atoms with E-state index in [1.165, 1.54) is 18.4 Å². The van der Waals surface area contributed by atoms with E-state index in [-0.39, 0.29) is 5.91 Å². The van der Waals surface area contributed by atoms with Gasteiger partial charge >= 0.3 is 0 Å². The lowest BCUT2D eigenvalue weighted by Crippen LogP contribution is -2.32. The molecule has 0 radical (unpaired) electrons. The highest BCUT2D eigenvalue weighted by Gasteiger charge is 2.21. The highest BCUT2D eigenvalue weighted by atomic mass is 35.5. The van der Waals surface area contributed by atoms with Gasteiger partial charge in [-0.05, 0) is 64.7 Å². The van der Waals surface area contributed by atoms with Gasteiger partial charge in [-0.25, -0.2) is 4.68 Å². The number of piperidine rings is 1. The van der Waals surface area contributed by atoms with Crippen LogP contribution in [0.15, 0.2) is 24.3 Å². The second-order valence-corrected chi connectivity index (χ2v) is 8.04. The van der Waals surface area contributed by atoms with E-state index in [1.807, 2.05) is 6.92 Å². The van der Waals surface area contributed by atoms with Crippen LogP contribution in [-0.4, -0.2) is 47.3 Å². The SMILES string of the molecule is Cc1ccc(Cn2nc(C)c(C(=O)NCCC3CCN(C)CC3)c2Cl)cc1. The van der Waals surface area contributed by atoms with E-state index in [0.717, 1.165) is 25.1 Å². The van der Waals surface area contributed by atoms with Crippen molar-refractivity contribution in [3.8, 4) is 0 Å². The Morgan fingerprint density at radius 2 is 1.89 bits per heavy atom. The van der Waals surface area contributed by atoms with E-state index in [1.54, 1.807) is 4.68 Å². The molecule has 0 spiro atoms. The van der Waals surface area contributed by atoms with Crippen LogP contribution in [0.4, 0.5) is 0 Å². The monoisotopic (exact) mass is 388 g/mol. The van der Waals surface area contributed by atoms with Gasteiger partial charge in [-0.3, -0.25) is 4.79 Å². The minimum absolute atomic E-state index is 0.124. The number of aryl methyl sites for hydroxylation is 2. The van der Waals surface area contributed by atoms with Gasteiger partial charge in [-0.15, -0.1) is 0 Å². The van der Waals surface area contributed by atoms with Crippen molar-refractivity contribution in [3.63, 3.8) is 0 Å². The molecule has 1 aliphatic rings. The Morgan fingerprint density at radius 3 is 2.56 bits per heavy atom. The molecule has 0 unspecified atom stereocenters. The predicted octanol–water partition coefficient (Wildman–Crippen LogP) is 3.66. The Hall–Kier alpha value is -1.85. The summed E-state index contributed by atoms with van der Waals surface area (Å²) < 4.78 is 1.70. The Balaban J connectivity index is 1.58. The van der Waals surface area contributed by atoms with Crippen molar-refractivity contribution in [2.24, 2.45) is 5.92 Å². The van der Waals surface area contributed by atoms with Crippen molar-refractivity contribution in [3.05, 3.63) is 51.8 Å². The fraction of sp³-hybridized carbons (Fsp3) is 0.524. The van der Waals surface area contributed by atoms with E-state index in [4.69, 9.17) is 11.6 Å². The third-order valence-corrected chi connectivity index (χ3v) is 5.81. The lowest BCUT2D eigenvalue weighted by molar-refractivity contribution is 0.0948. The maximum absolute atomic E-state index is 12.6. The van der Waals surface area contributed by atoms with Crippen LogP contribution in [-0.2, 0) is 6.54 Å². The first-order chi connectivity index (χ1) is 12.9. The molecule has 0 saturated carbocycles. The molecule has 1 aliphatic heterocycles. The molecule has 1 amide bonds. The number of hydrogen-bond acceptors (Lipinski definition) is 3. The van der Waals surface area contributed by atoms with Crippen LogP contribution in [0.3, 0.4) is 0 Å². The van der Waals surface area contributed by atoms with Crippen LogP contribution >= 0.6 is 11.6 Å². The normalized spacial score (nSPS) is 15.9. The molecule has 27 heavy (non-hydrogen) atoms. The summed E-state index contributed by atoms with van der Waals surface area (Å²) in [7, 11) is 2.16. The summed E-state index contributed by atoms with van der Waals surface area (Å²) in [6.45, 7) is 7.44. The van der Waals surface area contributed by atoms with Crippen molar-refractivity contribution in [2.75, 3.05) is 26.7 Å². The number of hydrogen-bond donors (Lipinski definition) is 1. The first kappa shape index (κ1) is 19.9. The summed E-state index contributed by atoms with van der Waals surface area (Å²) in [4.78, 5) is 15.0. The molecule has 1 saturated heterocycles. The van der Waals surface area contributed by atoms with Crippen molar-refractivity contribution in [2.45, 2.75) is 39.7 Å². The minimum atomic E-state index is -0.124. The zero-order valence-electron chi connectivity index (χ0n) is 16.5. The molecule has 0 atom stereocenters. The maximum atomic E-state index is 12.6. The minimum Gasteiger partial charge on any atom is -0.352 e. The Labute approximate surface area is 166 Å². The van der Waals surface area contributed by atoms with Gasteiger partial charge in [0.1, 0.15) is 5.15 Å². The van der Waals surface area contributed by atoms with Gasteiger partial charge in [0.15, 0.2) is 0 Å². The summed E-state index contributed by atoms with van der Waals surface area (Å²) in [6, 6.07) is 8.25. The molecule has 1 N–H and O–H groups in total. The van der Waals surface area contributed by atoms with Crippen LogP contribution in [0.2, 0.25) is 5.15 Å². The van der Waals surface area contributed by atoms with E-state index in [9.17, 15) is 4.79 Å². The van der Waals surface area contributed by atoms with Crippen LogP contribution in [0, 0.1) is 19.8 Å². The molecule has 0 aliphatic carbocycles. The van der Waals surface area contributed by atoms with Crippen LogP contribution in [0.1, 0.15) is 46.4 Å². The Morgan fingerprint density at radius 1 is 1.22 bits per heavy atom. The predicted molar refractivity (Wildman–Crippen MR) is 109 cm³/mol. The number of likely N-dealkylation sites (tertiary alicyclic amines) is 1. The van der Waals surface area contributed by atoms with Crippen molar-refractivity contribution in [1.82, 2.24) is 20.0 Å². The number of rotatable bonds is 6. The second-order valence-electron chi connectivity index (χ2n) is 7.69. The van der Waals surface area contributed by atoms with E-state index in [0.29, 0.717) is 35.4 Å². The average Bonchev–Trinajstić information content (AvgIpc) is 2.92. The molecular formula is C21H29ClN4O. The first-order valence-electron chi connectivity index (χ1n) is 9.69. The third-order valence-electron chi connectivity index (χ3n) is 5.42. The van der Waals surface area contributed by atoms with Gasteiger partial charge in [0.05, 0.1) is 17.8 Å². The number of carbonyl (C=O) groups excluding carboxylic acids is 1. The topological polar surface area (TPSA) is 50.2 Å². The summed E-state index contributed by atoms with van der Waals surface area (Å²) in [6.07, 6.45) is 3.44. The fourth-order valence-corrected chi connectivity index (χ4v) is 3.93. The molecule has 3 rings (SSSR count). The molecule has 2 heterocycles. The van der Waals surface area contributed by atoms with Crippen LogP contribution in [0.5, 0.6) is 0 Å². The molecule has 0 bridgehead atoms. The third kappa shape index (κ3) is 5.11. The van der Waals surface area contributed by atoms with E-state index >= 15 is 0 Å². The zero-order valence-corrected chi connectivity index (χ0v) is 17.2. The maximum Gasteiger partial charge on any atom is 0.256 e. The van der Waals surface area contributed by atoms with Gasteiger partial charge in [-0.2, -0.15) is 5.10 Å². The molecule has 1 aromatic heterocycles. The average molecular weight is 389 g/mol. The number of benzene rings is 1. The van der Waals surface area contributed by atoms with Gasteiger partial charge in [0.25, 0.3) is 5.91 Å². The molecule has 6 heteroatoms. The van der Waals surface area contributed by atoms with E-state index < -0.39 is 0 Å². The largest absolute Gasteiger partial charge is 0.352 e. The van der Waals surface area contributed by atoms with Crippen molar-refractivity contribution >= 4 is 17.5 Å². The Bertz CT molecular complexity index is 776. The number of halogens is 1. The number of nitrogens with zero attached hydrogens (tertiary/aromatic N) is 3. The highest BCUT2D eigenvalue weighted by Crippen LogP contribution is 2.22. The smallest absolute Gasteiger partial charge is 0.256 e. The summed E-state index contributed by atoms with van der Waals surface area (Å²) in [5, 5.41) is 7.91. The van der Waals surface area contributed by atoms with Gasteiger partial charge < -0.3 is 10.2 Å². The summed E-state index contributed by atoms with van der Waals surface area (Å²) in [5.74, 6) is 0.572. The van der Waals surface area contributed by atoms with Crippen LogP contribution < -0.4 is 5.32 Å². The zero-order chi connectivity index (χ0) is 19.4. The number of nitrogens with one attached hydrogen (secondary N) is 1. The van der Waals surface area contributed by atoms with Crippen LogP contribution in [0.25, 0.3) is 0 Å². The van der Waals surface area contributed by atoms with Gasteiger partial charge in [0.2, 0.25) is 0 Å². The number of aromatic nitrogens is 2. The molecule has 1 fully saturated rings. The first-order valence-corrected chi connectivity index (χ1v) is 10.1. The number of amides is 1. The molecular weight excluding hydrogens is 360 g/mol. The Kier molecular flexibility index (Phi) is 6.55. The lowest BCUT2D eigenvalue weighted by Gasteiger charge is -2.28. The van der Waals surface area contributed by atoms with Gasteiger partial charge in [-0.1, -0.05) is 41.4 Å². The highest BCUT2D eigenvalue weighted by molar-refractivity contribution is 6.33. The number of carbonyl (C=O) groups is 1. The second kappa shape index (κ2) is 8.89. The van der Waals surface area contributed by atoms with E-state index in [2.05, 4.69) is 53.6 Å². The van der Waals surface area contributed by atoms with Crippen molar-refractivity contribution in [1.29, 1.82) is 0 Å². The standard InChI is InChI=1S/C21H29ClN4O/c1-15-4-6-18(7-5-15)14-26-20(22)19(16(2)24-26)21(27)23-11-8-17-9-12-25(3)13-10-17/h4-7,17H,8-14H2,1-3H3,(H,23,27). The molecule has 5 nitrogen and oxygen atoms in total. The lowest BCUT2D eigenvalue weighted by atomic mass is 9.94. The van der Waals surface area contributed by atoms with Gasteiger partial charge in [0, 0.05) is 6.54 Å². The quantitative estimate of drug-likeness (QED) is 0.821. The molecule has 1 aromatic carbocycles. The summed E-state index contributed by atoms with van der Waals surface area (Å²) >= 11 is 6.48. The van der Waals surface area contributed by atoms with Crippen molar-refractivity contribution < 1.29 is 4.79 Å². The summed E-state index contributed by atoms with van der Waals surface area (Å²) in [5.41, 5.74) is 3.49. The fourth-order valence-electron chi connectivity index (χ4n) is 3.61.